The van der Waals surface area contributed by atoms with Crippen LogP contribution in [0.1, 0.15) is 30.5 Å². The molecule has 0 spiro atoms. The summed E-state index contributed by atoms with van der Waals surface area (Å²) in [5, 5.41) is 8.33. The van der Waals surface area contributed by atoms with Crippen LogP contribution in [0, 0.1) is 0 Å². The molecule has 1 N–H and O–H groups in total. The molecule has 0 bridgehead atoms. The van der Waals surface area contributed by atoms with Gasteiger partial charge in [0.05, 0.1) is 56.5 Å². The molecule has 1 aromatic heterocycles. The van der Waals surface area contributed by atoms with E-state index in [1.54, 1.807) is 73.6 Å². The maximum Gasteiger partial charge on any atom is 0.244 e. The predicted molar refractivity (Wildman–Crippen MR) is 187 cm³/mol. The number of methoxy groups -OCH3 is 2. The Morgan fingerprint density at radius 2 is 1.52 bits per heavy atom. The van der Waals surface area contributed by atoms with E-state index in [0.717, 1.165) is 11.1 Å². The number of hydrogen-bond acceptors (Lipinski definition) is 7. The molecule has 0 fully saturated rings. The first kappa shape index (κ1) is 34.9. The van der Waals surface area contributed by atoms with Gasteiger partial charge in [-0.1, -0.05) is 54.1 Å². The molecule has 252 valence electrons. The topological polar surface area (TPSA) is 112 Å². The van der Waals surface area contributed by atoms with Gasteiger partial charge in [-0.3, -0.25) is 9.48 Å². The van der Waals surface area contributed by atoms with Crippen molar-refractivity contribution in [1.82, 2.24) is 14.1 Å². The van der Waals surface area contributed by atoms with Crippen molar-refractivity contribution in [2.75, 3.05) is 26.1 Å². The molecule has 12 heteroatoms. The molecular weight excluding hydrogens is 652 g/mol. The number of benzene rings is 4. The molecule has 0 unspecified atom stereocenters. The van der Waals surface area contributed by atoms with Crippen molar-refractivity contribution in [2.45, 2.75) is 50.9 Å². The quantitative estimate of drug-likeness (QED) is 0.130. The monoisotopic (exact) mass is 690 g/mol. The summed E-state index contributed by atoms with van der Waals surface area (Å²) in [7, 11) is -1.03. The van der Waals surface area contributed by atoms with Crippen molar-refractivity contribution < 1.29 is 27.4 Å². The number of nitrogens with one attached hydrogen (secondary N) is 1. The molecule has 0 aliphatic carbocycles. The average molecular weight is 691 g/mol. The third-order valence-electron chi connectivity index (χ3n) is 7.73. The first-order valence-electron chi connectivity index (χ1n) is 15.5. The molecule has 48 heavy (non-hydrogen) atoms. The van der Waals surface area contributed by atoms with Crippen molar-refractivity contribution >= 4 is 44.1 Å². The minimum atomic E-state index is -4.19. The zero-order valence-corrected chi connectivity index (χ0v) is 28.9. The number of carbonyl (C=O) groups is 1. The van der Waals surface area contributed by atoms with Crippen LogP contribution < -0.4 is 14.8 Å². The fourth-order valence-corrected chi connectivity index (χ4v) is 7.07. The Bertz CT molecular complexity index is 1910. The lowest BCUT2D eigenvalue weighted by atomic mass is 10.1. The van der Waals surface area contributed by atoms with Gasteiger partial charge in [0.1, 0.15) is 11.5 Å². The zero-order chi connectivity index (χ0) is 34.3. The minimum Gasteiger partial charge on any atom is -0.497 e. The Kier molecular flexibility index (Phi) is 11.4. The summed E-state index contributed by atoms with van der Waals surface area (Å²) in [6.45, 7) is 4.82. The van der Waals surface area contributed by atoms with Crippen molar-refractivity contribution in [3.05, 3.63) is 113 Å². The fraction of sp³-hybridized carbons (Fsp3) is 0.278. The highest BCUT2D eigenvalue weighted by Crippen LogP contribution is 2.32. The first-order chi connectivity index (χ1) is 23.1. The average Bonchev–Trinajstić information content (AvgIpc) is 3.48. The van der Waals surface area contributed by atoms with Gasteiger partial charge in [-0.25, -0.2) is 8.42 Å². The Morgan fingerprint density at radius 1 is 0.917 bits per heavy atom. The molecule has 5 rings (SSSR count). The van der Waals surface area contributed by atoms with Crippen LogP contribution in [0.15, 0.2) is 96.0 Å². The van der Waals surface area contributed by atoms with Gasteiger partial charge in [0.25, 0.3) is 0 Å². The summed E-state index contributed by atoms with van der Waals surface area (Å²) in [5.41, 5.74) is 3.07. The molecule has 4 aromatic carbocycles. The molecule has 0 saturated carbocycles. The number of aromatic nitrogens is 2. The zero-order valence-electron chi connectivity index (χ0n) is 27.4. The third-order valence-corrected chi connectivity index (χ3v) is 9.93. The highest BCUT2D eigenvalue weighted by molar-refractivity contribution is 7.89. The second kappa shape index (κ2) is 15.7. The molecule has 10 nitrogen and oxygen atoms in total. The molecule has 0 radical (unpaired) electrons. The lowest BCUT2D eigenvalue weighted by molar-refractivity contribution is -0.115. The van der Waals surface area contributed by atoms with Crippen LogP contribution in [-0.2, 0) is 45.6 Å². The van der Waals surface area contributed by atoms with Crippen molar-refractivity contribution in [3.63, 3.8) is 0 Å². The summed E-state index contributed by atoms with van der Waals surface area (Å²) in [6.07, 6.45) is 1.58. The summed E-state index contributed by atoms with van der Waals surface area (Å²) in [4.78, 5) is 13.2. The fourth-order valence-electron chi connectivity index (χ4n) is 5.24. The largest absolute Gasteiger partial charge is 0.497 e. The highest BCUT2D eigenvalue weighted by atomic mass is 35.5. The van der Waals surface area contributed by atoms with E-state index in [9.17, 15) is 13.2 Å². The highest BCUT2D eigenvalue weighted by Gasteiger charge is 2.29. The molecule has 0 saturated heterocycles. The van der Waals surface area contributed by atoms with Crippen molar-refractivity contribution in [1.29, 1.82) is 0 Å². The number of ether oxygens (including phenoxy) is 3. The Labute approximate surface area is 286 Å². The van der Waals surface area contributed by atoms with Crippen molar-refractivity contribution in [2.24, 2.45) is 0 Å². The van der Waals surface area contributed by atoms with Gasteiger partial charge in [-0.05, 0) is 73.0 Å². The molecule has 5 aromatic rings. The number of rotatable bonds is 15. The van der Waals surface area contributed by atoms with E-state index in [1.165, 1.54) is 10.4 Å². The van der Waals surface area contributed by atoms with Crippen LogP contribution in [0.25, 0.3) is 10.9 Å². The number of halogens is 1. The Balaban J connectivity index is 1.57. The molecular formula is C36H39ClN4O6S. The molecule has 1 heterocycles. The van der Waals surface area contributed by atoms with Crippen molar-refractivity contribution in [3.8, 4) is 11.5 Å². The number of fused-ring (bicyclic) bond motifs is 1. The van der Waals surface area contributed by atoms with Gasteiger partial charge < -0.3 is 19.5 Å². The molecule has 1 amide bonds. The van der Waals surface area contributed by atoms with Gasteiger partial charge in [0.2, 0.25) is 15.9 Å². The molecule has 0 aliphatic rings. The number of amides is 1. The van der Waals surface area contributed by atoms with E-state index in [-0.39, 0.29) is 36.4 Å². The van der Waals surface area contributed by atoms with Crippen LogP contribution in [0.3, 0.4) is 0 Å². The van der Waals surface area contributed by atoms with E-state index >= 15 is 0 Å². The van der Waals surface area contributed by atoms with E-state index in [2.05, 4.69) is 10.4 Å². The van der Waals surface area contributed by atoms with Gasteiger partial charge in [-0.15, -0.1) is 0 Å². The lowest BCUT2D eigenvalue weighted by Crippen LogP contribution is -2.30. The van der Waals surface area contributed by atoms with Gasteiger partial charge in [-0.2, -0.15) is 9.40 Å². The third kappa shape index (κ3) is 8.53. The number of sulfonamides is 1. The van der Waals surface area contributed by atoms with Crippen LogP contribution in [0.2, 0.25) is 5.02 Å². The second-order valence-electron chi connectivity index (χ2n) is 11.5. The van der Waals surface area contributed by atoms with Crippen LogP contribution in [0.4, 0.5) is 5.69 Å². The standard InChI is InChI=1S/C36H39ClN4O6S/c1-25(2)47-18-17-41-34-20-29(39-36(42)19-28-7-5-6-8-33(28)37)21-35(32(34)22-38-41)48(43,44)40(23-26-9-13-30(45-3)14-10-26)24-27-11-15-31(46-4)16-12-27/h5-16,20-22,25H,17-19,23-24H2,1-4H3,(H,39,42). The minimum absolute atomic E-state index is 0.0162. The normalized spacial score (nSPS) is 11.7. The number of carbonyl (C=O) groups excluding carboxylic acids is 1. The second-order valence-corrected chi connectivity index (χ2v) is 13.8. The van der Waals surface area contributed by atoms with Crippen LogP contribution >= 0.6 is 11.6 Å². The summed E-state index contributed by atoms with van der Waals surface area (Å²) >= 11 is 6.31. The summed E-state index contributed by atoms with van der Waals surface area (Å²) in [6, 6.07) is 24.9. The van der Waals surface area contributed by atoms with Gasteiger partial charge in [0.15, 0.2) is 0 Å². The molecule has 0 atom stereocenters. The Morgan fingerprint density at radius 3 is 2.08 bits per heavy atom. The van der Waals surface area contributed by atoms with E-state index in [0.29, 0.717) is 51.8 Å². The number of anilines is 1. The number of nitrogens with zero attached hydrogens (tertiary/aromatic N) is 3. The first-order valence-corrected chi connectivity index (χ1v) is 17.3. The lowest BCUT2D eigenvalue weighted by Gasteiger charge is -2.24. The summed E-state index contributed by atoms with van der Waals surface area (Å²) < 4.78 is 49.0. The Hall–Kier alpha value is -4.42. The van der Waals surface area contributed by atoms with Crippen LogP contribution in [0.5, 0.6) is 11.5 Å². The van der Waals surface area contributed by atoms with Crippen LogP contribution in [-0.4, -0.2) is 55.3 Å². The maximum absolute atomic E-state index is 14.8. The van der Waals surface area contributed by atoms with E-state index in [1.807, 2.05) is 44.2 Å². The smallest absolute Gasteiger partial charge is 0.244 e. The van der Waals surface area contributed by atoms with E-state index < -0.39 is 10.0 Å². The van der Waals surface area contributed by atoms with Gasteiger partial charge in [0, 0.05) is 29.2 Å². The molecule has 0 aliphatic heterocycles. The predicted octanol–water partition coefficient (Wildman–Crippen LogP) is 6.70. The summed E-state index contributed by atoms with van der Waals surface area (Å²) in [5.74, 6) is 0.992. The SMILES string of the molecule is COc1ccc(CN(Cc2ccc(OC)cc2)S(=O)(=O)c2cc(NC(=O)Cc3ccccc3Cl)cc3c2cnn3CCOC(C)C)cc1. The maximum atomic E-state index is 14.8. The number of hydrogen-bond donors (Lipinski definition) is 1. The van der Waals surface area contributed by atoms with E-state index in [4.69, 9.17) is 25.8 Å². The van der Waals surface area contributed by atoms with Gasteiger partial charge >= 0.3 is 0 Å².